The first-order valence-electron chi connectivity index (χ1n) is 6.27. The van der Waals surface area contributed by atoms with Gasteiger partial charge in [-0.15, -0.1) is 0 Å². The Labute approximate surface area is 97.8 Å². The lowest BCUT2D eigenvalue weighted by molar-refractivity contribution is -0.000930. The van der Waals surface area contributed by atoms with Crippen molar-refractivity contribution in [1.82, 2.24) is 0 Å². The second kappa shape index (κ2) is 6.02. The highest BCUT2D eigenvalue weighted by atomic mass is 16.5. The van der Waals surface area contributed by atoms with Gasteiger partial charge < -0.3 is 10.5 Å². The van der Waals surface area contributed by atoms with E-state index >= 15 is 0 Å². The summed E-state index contributed by atoms with van der Waals surface area (Å²) in [5.41, 5.74) is 7.54. The molecule has 2 N–H and O–H groups in total. The lowest BCUT2D eigenvalue weighted by atomic mass is 9.97. The molecule has 2 atom stereocenters. The van der Waals surface area contributed by atoms with Crippen LogP contribution in [0.1, 0.15) is 31.2 Å². The average molecular weight is 219 g/mol. The molecule has 1 fully saturated rings. The Balaban J connectivity index is 1.76. The van der Waals surface area contributed by atoms with Gasteiger partial charge in [-0.25, -0.2) is 0 Å². The number of ether oxygens (including phenoxy) is 1. The van der Waals surface area contributed by atoms with Crippen molar-refractivity contribution in [2.24, 2.45) is 5.73 Å². The van der Waals surface area contributed by atoms with E-state index in [2.05, 4.69) is 24.3 Å². The van der Waals surface area contributed by atoms with E-state index in [0.717, 1.165) is 25.9 Å². The minimum absolute atomic E-state index is 0.195. The average Bonchev–Trinajstić information content (AvgIpc) is 2.38. The van der Waals surface area contributed by atoms with Crippen molar-refractivity contribution >= 4 is 0 Å². The van der Waals surface area contributed by atoms with Crippen molar-refractivity contribution in [3.8, 4) is 0 Å². The summed E-state index contributed by atoms with van der Waals surface area (Å²) in [6, 6.07) is 10.7. The molecule has 1 aliphatic rings. The van der Waals surface area contributed by atoms with Crippen molar-refractivity contribution in [3.63, 3.8) is 0 Å². The van der Waals surface area contributed by atoms with E-state index in [0.29, 0.717) is 0 Å². The van der Waals surface area contributed by atoms with Gasteiger partial charge in [-0.1, -0.05) is 30.3 Å². The van der Waals surface area contributed by atoms with Crippen LogP contribution in [-0.4, -0.2) is 18.8 Å². The number of benzene rings is 1. The predicted octanol–water partition coefficient (Wildman–Crippen LogP) is 2.52. The normalized spacial score (nSPS) is 22.9. The number of aryl methyl sites for hydroxylation is 1. The van der Waals surface area contributed by atoms with Gasteiger partial charge in [-0.05, 0) is 37.7 Å². The third-order valence-electron chi connectivity index (χ3n) is 3.30. The minimum atomic E-state index is 0.195. The Hall–Kier alpha value is -0.860. The number of rotatable bonds is 4. The molecule has 0 saturated carbocycles. The largest absolute Gasteiger partial charge is 0.377 e. The third-order valence-corrected chi connectivity index (χ3v) is 3.30. The zero-order valence-electron chi connectivity index (χ0n) is 9.77. The molecule has 0 spiro atoms. The van der Waals surface area contributed by atoms with Crippen LogP contribution in [0.4, 0.5) is 0 Å². The Kier molecular flexibility index (Phi) is 4.37. The zero-order valence-corrected chi connectivity index (χ0v) is 9.77. The minimum Gasteiger partial charge on any atom is -0.377 e. The van der Waals surface area contributed by atoms with Gasteiger partial charge in [0.1, 0.15) is 0 Å². The van der Waals surface area contributed by atoms with Crippen LogP contribution in [0.2, 0.25) is 0 Å². The molecular weight excluding hydrogens is 198 g/mol. The lowest BCUT2D eigenvalue weighted by Gasteiger charge is -2.27. The summed E-state index contributed by atoms with van der Waals surface area (Å²) < 4.78 is 5.70. The molecule has 88 valence electrons. The number of hydrogen-bond acceptors (Lipinski definition) is 2. The maximum Gasteiger partial charge on any atom is 0.0726 e. The third kappa shape index (κ3) is 3.32. The number of hydrogen-bond donors (Lipinski definition) is 1. The summed E-state index contributed by atoms with van der Waals surface area (Å²) >= 11 is 0. The Morgan fingerprint density at radius 1 is 1.25 bits per heavy atom. The van der Waals surface area contributed by atoms with E-state index in [4.69, 9.17) is 10.5 Å². The van der Waals surface area contributed by atoms with Crippen molar-refractivity contribution in [1.29, 1.82) is 0 Å². The fraction of sp³-hybridized carbons (Fsp3) is 0.571. The van der Waals surface area contributed by atoms with Gasteiger partial charge in [0.25, 0.3) is 0 Å². The fourth-order valence-electron chi connectivity index (χ4n) is 2.27. The molecule has 1 aliphatic heterocycles. The highest BCUT2D eigenvalue weighted by Gasteiger charge is 2.20. The number of nitrogens with two attached hydrogens (primary N) is 1. The molecule has 1 aromatic rings. The summed E-state index contributed by atoms with van der Waals surface area (Å²) in [6.45, 7) is 0.893. The van der Waals surface area contributed by atoms with Crippen molar-refractivity contribution in [2.45, 2.75) is 44.2 Å². The molecule has 1 saturated heterocycles. The lowest BCUT2D eigenvalue weighted by Crippen LogP contribution is -2.39. The van der Waals surface area contributed by atoms with Crippen molar-refractivity contribution in [2.75, 3.05) is 6.61 Å². The van der Waals surface area contributed by atoms with Crippen molar-refractivity contribution in [3.05, 3.63) is 35.9 Å². The molecule has 0 aliphatic carbocycles. The SMILES string of the molecule is NC(CCc1ccccc1)C1CCCCO1. The monoisotopic (exact) mass is 219 g/mol. The first kappa shape index (κ1) is 11.6. The van der Waals surface area contributed by atoms with E-state index in [1.807, 2.05) is 6.07 Å². The summed E-state index contributed by atoms with van der Waals surface area (Å²) in [5, 5.41) is 0. The molecule has 1 heterocycles. The van der Waals surface area contributed by atoms with Gasteiger partial charge in [-0.3, -0.25) is 0 Å². The molecule has 0 aromatic heterocycles. The van der Waals surface area contributed by atoms with Gasteiger partial charge in [0.15, 0.2) is 0 Å². The summed E-state index contributed by atoms with van der Waals surface area (Å²) in [5.74, 6) is 0. The maximum atomic E-state index is 6.17. The fourth-order valence-corrected chi connectivity index (χ4v) is 2.27. The highest BCUT2D eigenvalue weighted by Crippen LogP contribution is 2.17. The summed E-state index contributed by atoms with van der Waals surface area (Å²) in [7, 11) is 0. The zero-order chi connectivity index (χ0) is 11.2. The summed E-state index contributed by atoms with van der Waals surface area (Å²) in [4.78, 5) is 0. The van der Waals surface area contributed by atoms with Crippen molar-refractivity contribution < 1.29 is 4.74 Å². The second-order valence-electron chi connectivity index (χ2n) is 4.59. The topological polar surface area (TPSA) is 35.2 Å². The molecule has 2 unspecified atom stereocenters. The van der Waals surface area contributed by atoms with E-state index < -0.39 is 0 Å². The standard InChI is InChI=1S/C14H21NO/c15-13(14-8-4-5-11-16-14)10-9-12-6-2-1-3-7-12/h1-3,6-7,13-14H,4-5,8-11,15H2. The Morgan fingerprint density at radius 2 is 2.06 bits per heavy atom. The molecule has 16 heavy (non-hydrogen) atoms. The second-order valence-corrected chi connectivity index (χ2v) is 4.59. The van der Waals surface area contributed by atoms with Crippen LogP contribution in [-0.2, 0) is 11.2 Å². The molecule has 0 amide bonds. The molecule has 1 aromatic carbocycles. The van der Waals surface area contributed by atoms with E-state index in [1.54, 1.807) is 0 Å². The molecule has 0 bridgehead atoms. The molecular formula is C14H21NO. The first-order valence-corrected chi connectivity index (χ1v) is 6.27. The predicted molar refractivity (Wildman–Crippen MR) is 66.3 cm³/mol. The van der Waals surface area contributed by atoms with Gasteiger partial charge in [0.05, 0.1) is 6.10 Å². The van der Waals surface area contributed by atoms with Crippen LogP contribution in [0.15, 0.2) is 30.3 Å². The Morgan fingerprint density at radius 3 is 2.75 bits per heavy atom. The summed E-state index contributed by atoms with van der Waals surface area (Å²) in [6.07, 6.45) is 5.97. The Bertz CT molecular complexity index is 293. The van der Waals surface area contributed by atoms with Gasteiger partial charge in [0.2, 0.25) is 0 Å². The van der Waals surface area contributed by atoms with E-state index in [9.17, 15) is 0 Å². The van der Waals surface area contributed by atoms with Crippen LogP contribution >= 0.6 is 0 Å². The molecule has 2 nitrogen and oxygen atoms in total. The first-order chi connectivity index (χ1) is 7.86. The maximum absolute atomic E-state index is 6.17. The van der Waals surface area contributed by atoms with Gasteiger partial charge in [-0.2, -0.15) is 0 Å². The van der Waals surface area contributed by atoms with Gasteiger partial charge >= 0.3 is 0 Å². The molecule has 0 radical (unpaired) electrons. The van der Waals surface area contributed by atoms with E-state index in [1.165, 1.54) is 18.4 Å². The molecule has 2 heteroatoms. The molecule has 2 rings (SSSR count). The van der Waals surface area contributed by atoms with E-state index in [-0.39, 0.29) is 12.1 Å². The van der Waals surface area contributed by atoms with Gasteiger partial charge in [0, 0.05) is 12.6 Å². The quantitative estimate of drug-likeness (QED) is 0.844. The van der Waals surface area contributed by atoms with Crippen LogP contribution in [0.25, 0.3) is 0 Å². The smallest absolute Gasteiger partial charge is 0.0726 e. The van der Waals surface area contributed by atoms with Crippen LogP contribution in [0, 0.1) is 0 Å². The highest BCUT2D eigenvalue weighted by molar-refractivity contribution is 5.14. The van der Waals surface area contributed by atoms with Crippen LogP contribution in [0.3, 0.4) is 0 Å². The van der Waals surface area contributed by atoms with Crippen LogP contribution < -0.4 is 5.73 Å². The van der Waals surface area contributed by atoms with Crippen LogP contribution in [0.5, 0.6) is 0 Å².